The van der Waals surface area contributed by atoms with Gasteiger partial charge in [-0.2, -0.15) is 0 Å². The SMILES string of the molecule is CNS(=O)(=O)c1cccc(C(=O)Nc2cccc3ccccc23)c1. The van der Waals surface area contributed by atoms with Crippen molar-refractivity contribution in [2.24, 2.45) is 0 Å². The summed E-state index contributed by atoms with van der Waals surface area (Å²) in [6, 6.07) is 19.3. The summed E-state index contributed by atoms with van der Waals surface area (Å²) in [5.41, 5.74) is 0.958. The van der Waals surface area contributed by atoms with Crippen LogP contribution in [0.3, 0.4) is 0 Å². The van der Waals surface area contributed by atoms with Crippen LogP contribution in [0.5, 0.6) is 0 Å². The van der Waals surface area contributed by atoms with Crippen LogP contribution in [0.15, 0.2) is 71.6 Å². The van der Waals surface area contributed by atoms with E-state index < -0.39 is 10.0 Å². The summed E-state index contributed by atoms with van der Waals surface area (Å²) in [7, 11) is -2.26. The van der Waals surface area contributed by atoms with Crippen LogP contribution < -0.4 is 10.0 Å². The molecule has 0 saturated heterocycles. The van der Waals surface area contributed by atoms with Gasteiger partial charge in [-0.15, -0.1) is 0 Å². The predicted octanol–water partition coefficient (Wildman–Crippen LogP) is 3.00. The van der Waals surface area contributed by atoms with Gasteiger partial charge in [-0.3, -0.25) is 4.79 Å². The number of nitrogens with one attached hydrogen (secondary N) is 2. The van der Waals surface area contributed by atoms with E-state index >= 15 is 0 Å². The average Bonchev–Trinajstić information content (AvgIpc) is 2.62. The highest BCUT2D eigenvalue weighted by Crippen LogP contribution is 2.23. The fourth-order valence-corrected chi connectivity index (χ4v) is 3.23. The third-order valence-electron chi connectivity index (χ3n) is 3.71. The first-order chi connectivity index (χ1) is 11.5. The summed E-state index contributed by atoms with van der Waals surface area (Å²) in [5, 5.41) is 4.78. The molecule has 0 saturated carbocycles. The Bertz CT molecular complexity index is 1010. The number of fused-ring (bicyclic) bond motifs is 1. The largest absolute Gasteiger partial charge is 0.321 e. The molecule has 0 unspecified atom stereocenters. The maximum atomic E-state index is 12.5. The summed E-state index contributed by atoms with van der Waals surface area (Å²) < 4.78 is 26.0. The lowest BCUT2D eigenvalue weighted by atomic mass is 10.1. The maximum absolute atomic E-state index is 12.5. The molecule has 0 aliphatic carbocycles. The fourth-order valence-electron chi connectivity index (χ4n) is 2.45. The Kier molecular flexibility index (Phi) is 4.33. The lowest BCUT2D eigenvalue weighted by Crippen LogP contribution is -2.19. The van der Waals surface area contributed by atoms with E-state index in [1.807, 2.05) is 42.5 Å². The first kappa shape index (κ1) is 16.2. The van der Waals surface area contributed by atoms with Crippen LogP contribution in [0.4, 0.5) is 5.69 Å². The number of hydrogen-bond acceptors (Lipinski definition) is 3. The minimum atomic E-state index is -3.59. The standard InChI is InChI=1S/C18H16N2O3S/c1-19-24(22,23)15-9-4-8-14(12-15)18(21)20-17-11-5-7-13-6-2-3-10-16(13)17/h2-12,19H,1H3,(H,20,21). The van der Waals surface area contributed by atoms with E-state index in [-0.39, 0.29) is 16.4 Å². The van der Waals surface area contributed by atoms with E-state index in [0.717, 1.165) is 10.8 Å². The van der Waals surface area contributed by atoms with E-state index in [9.17, 15) is 13.2 Å². The highest BCUT2D eigenvalue weighted by molar-refractivity contribution is 7.89. The Morgan fingerprint density at radius 1 is 0.917 bits per heavy atom. The van der Waals surface area contributed by atoms with E-state index in [2.05, 4.69) is 10.0 Å². The van der Waals surface area contributed by atoms with Gasteiger partial charge in [0.05, 0.1) is 4.90 Å². The van der Waals surface area contributed by atoms with Gasteiger partial charge in [0, 0.05) is 16.6 Å². The van der Waals surface area contributed by atoms with Gasteiger partial charge in [0.25, 0.3) is 5.91 Å². The molecular formula is C18H16N2O3S. The molecule has 0 atom stereocenters. The number of rotatable bonds is 4. The first-order valence-corrected chi connectivity index (χ1v) is 8.82. The van der Waals surface area contributed by atoms with Gasteiger partial charge in [-0.05, 0) is 36.7 Å². The third-order valence-corrected chi connectivity index (χ3v) is 5.13. The lowest BCUT2D eigenvalue weighted by Gasteiger charge is -2.10. The zero-order valence-electron chi connectivity index (χ0n) is 13.0. The minimum Gasteiger partial charge on any atom is -0.321 e. The van der Waals surface area contributed by atoms with E-state index in [4.69, 9.17) is 0 Å². The molecule has 0 spiro atoms. The molecular weight excluding hydrogens is 324 g/mol. The quantitative estimate of drug-likeness (QED) is 0.767. The molecule has 2 N–H and O–H groups in total. The van der Waals surface area contributed by atoms with Gasteiger partial charge >= 0.3 is 0 Å². The van der Waals surface area contributed by atoms with Crippen LogP contribution in [0.1, 0.15) is 10.4 Å². The molecule has 3 rings (SSSR count). The van der Waals surface area contributed by atoms with Gasteiger partial charge in [-0.25, -0.2) is 13.1 Å². The Labute approximate surface area is 140 Å². The van der Waals surface area contributed by atoms with Crippen molar-refractivity contribution in [1.82, 2.24) is 4.72 Å². The van der Waals surface area contributed by atoms with Crippen LogP contribution >= 0.6 is 0 Å². The van der Waals surface area contributed by atoms with E-state index in [1.165, 1.54) is 19.2 Å². The van der Waals surface area contributed by atoms with Gasteiger partial charge in [0.1, 0.15) is 0 Å². The first-order valence-electron chi connectivity index (χ1n) is 7.34. The maximum Gasteiger partial charge on any atom is 0.255 e. The topological polar surface area (TPSA) is 75.3 Å². The van der Waals surface area contributed by atoms with Crippen molar-refractivity contribution < 1.29 is 13.2 Å². The van der Waals surface area contributed by atoms with Crippen molar-refractivity contribution in [3.05, 3.63) is 72.3 Å². The molecule has 24 heavy (non-hydrogen) atoms. The molecule has 3 aromatic rings. The van der Waals surface area contributed by atoms with Crippen molar-refractivity contribution >= 4 is 32.4 Å². The number of anilines is 1. The number of carbonyl (C=O) groups excluding carboxylic acids is 1. The minimum absolute atomic E-state index is 0.0515. The van der Waals surface area contributed by atoms with Gasteiger partial charge in [-0.1, -0.05) is 42.5 Å². The molecule has 5 nitrogen and oxygen atoms in total. The number of carbonyl (C=O) groups is 1. The van der Waals surface area contributed by atoms with Crippen molar-refractivity contribution in [3.63, 3.8) is 0 Å². The van der Waals surface area contributed by atoms with E-state index in [1.54, 1.807) is 12.1 Å². The van der Waals surface area contributed by atoms with Crippen molar-refractivity contribution in [2.45, 2.75) is 4.90 Å². The molecule has 0 radical (unpaired) electrons. The Morgan fingerprint density at radius 3 is 2.42 bits per heavy atom. The second-order valence-electron chi connectivity index (χ2n) is 5.22. The molecule has 0 bridgehead atoms. The van der Waals surface area contributed by atoms with Crippen LogP contribution in [0.2, 0.25) is 0 Å². The van der Waals surface area contributed by atoms with Gasteiger partial charge < -0.3 is 5.32 Å². The Hall–Kier alpha value is -2.70. The fraction of sp³-hybridized carbons (Fsp3) is 0.0556. The van der Waals surface area contributed by atoms with Crippen molar-refractivity contribution in [1.29, 1.82) is 0 Å². The van der Waals surface area contributed by atoms with Crippen LogP contribution in [-0.2, 0) is 10.0 Å². The molecule has 0 aliphatic heterocycles. The summed E-state index contributed by atoms with van der Waals surface area (Å²) in [6.07, 6.45) is 0. The highest BCUT2D eigenvalue weighted by atomic mass is 32.2. The Balaban J connectivity index is 1.94. The highest BCUT2D eigenvalue weighted by Gasteiger charge is 2.14. The predicted molar refractivity (Wildman–Crippen MR) is 94.6 cm³/mol. The normalized spacial score (nSPS) is 11.4. The second kappa shape index (κ2) is 6.43. The molecule has 3 aromatic carbocycles. The molecule has 0 aromatic heterocycles. The summed E-state index contributed by atoms with van der Waals surface area (Å²) in [4.78, 5) is 12.6. The zero-order chi connectivity index (χ0) is 17.2. The van der Waals surface area contributed by atoms with E-state index in [0.29, 0.717) is 5.69 Å². The van der Waals surface area contributed by atoms with Crippen LogP contribution in [0.25, 0.3) is 10.8 Å². The molecule has 122 valence electrons. The Morgan fingerprint density at radius 2 is 1.62 bits per heavy atom. The van der Waals surface area contributed by atoms with Gasteiger partial charge in [0.2, 0.25) is 10.0 Å². The van der Waals surface area contributed by atoms with Crippen LogP contribution in [-0.4, -0.2) is 21.4 Å². The van der Waals surface area contributed by atoms with Crippen molar-refractivity contribution in [2.75, 3.05) is 12.4 Å². The number of benzene rings is 3. The number of hydrogen-bond donors (Lipinski definition) is 2. The summed E-state index contributed by atoms with van der Waals surface area (Å²) in [6.45, 7) is 0. The molecule has 0 fully saturated rings. The molecule has 0 aliphatic rings. The molecule has 0 heterocycles. The van der Waals surface area contributed by atoms with Gasteiger partial charge in [0.15, 0.2) is 0 Å². The summed E-state index contributed by atoms with van der Waals surface area (Å²) in [5.74, 6) is -0.362. The van der Waals surface area contributed by atoms with Crippen LogP contribution in [0, 0.1) is 0 Å². The summed E-state index contributed by atoms with van der Waals surface area (Å²) >= 11 is 0. The molecule has 6 heteroatoms. The molecule has 1 amide bonds. The monoisotopic (exact) mass is 340 g/mol. The average molecular weight is 340 g/mol. The number of amides is 1. The lowest BCUT2D eigenvalue weighted by molar-refractivity contribution is 0.102. The third kappa shape index (κ3) is 3.15. The second-order valence-corrected chi connectivity index (χ2v) is 7.10. The zero-order valence-corrected chi connectivity index (χ0v) is 13.8. The number of sulfonamides is 1. The smallest absolute Gasteiger partial charge is 0.255 e. The van der Waals surface area contributed by atoms with Crippen molar-refractivity contribution in [3.8, 4) is 0 Å².